The van der Waals surface area contributed by atoms with Crippen molar-refractivity contribution in [2.45, 2.75) is 115 Å². The number of unbranched alkanes of at least 4 members (excludes halogenated alkanes) is 11. The summed E-state index contributed by atoms with van der Waals surface area (Å²) >= 11 is 0. The van der Waals surface area contributed by atoms with Crippen molar-refractivity contribution in [1.29, 1.82) is 0 Å². The van der Waals surface area contributed by atoms with E-state index in [9.17, 15) is 17.8 Å². The Morgan fingerprint density at radius 3 is 1.78 bits per heavy atom. The molecular formula is C21H41NO4S. The fraction of sp³-hybridized carbons (Fsp3) is 0.857. The molecule has 0 heterocycles. The average Bonchev–Trinajstić information content (AvgIpc) is 2.61. The van der Waals surface area contributed by atoms with Gasteiger partial charge in [-0.05, 0) is 26.3 Å². The molecule has 0 aromatic rings. The van der Waals surface area contributed by atoms with Crippen LogP contribution in [0.5, 0.6) is 0 Å². The SMILES string of the molecule is C=CC(=O)NC(C)C(C)(CCCCCCCCCCCCCC)S(=O)(=O)O. The molecule has 5 nitrogen and oxygen atoms in total. The summed E-state index contributed by atoms with van der Waals surface area (Å²) in [5.74, 6) is -0.438. The highest BCUT2D eigenvalue weighted by Gasteiger charge is 2.43. The van der Waals surface area contributed by atoms with Crippen LogP contribution < -0.4 is 5.32 Å². The summed E-state index contributed by atoms with van der Waals surface area (Å²) < 4.78 is 32.0. The second kappa shape index (κ2) is 14.2. The van der Waals surface area contributed by atoms with Crippen molar-refractivity contribution in [2.24, 2.45) is 0 Å². The molecule has 0 fully saturated rings. The van der Waals surface area contributed by atoms with Gasteiger partial charge in [-0.15, -0.1) is 0 Å². The summed E-state index contributed by atoms with van der Waals surface area (Å²) in [6, 6.07) is -0.689. The molecule has 2 N–H and O–H groups in total. The maximum Gasteiger partial charge on any atom is 0.272 e. The van der Waals surface area contributed by atoms with Gasteiger partial charge in [0.15, 0.2) is 0 Å². The number of carbonyl (C=O) groups excluding carboxylic acids is 1. The monoisotopic (exact) mass is 403 g/mol. The summed E-state index contributed by atoms with van der Waals surface area (Å²) in [7, 11) is -4.28. The molecule has 0 aliphatic heterocycles. The number of rotatable bonds is 17. The van der Waals surface area contributed by atoms with Gasteiger partial charge >= 0.3 is 0 Å². The van der Waals surface area contributed by atoms with Gasteiger partial charge in [0, 0.05) is 6.04 Å². The molecule has 0 aliphatic carbocycles. The van der Waals surface area contributed by atoms with Crippen molar-refractivity contribution in [3.63, 3.8) is 0 Å². The first kappa shape index (κ1) is 26.1. The molecule has 1 amide bonds. The van der Waals surface area contributed by atoms with E-state index in [1.54, 1.807) is 6.92 Å². The number of hydrogen-bond donors (Lipinski definition) is 2. The highest BCUT2D eigenvalue weighted by atomic mass is 32.2. The Morgan fingerprint density at radius 2 is 1.41 bits per heavy atom. The van der Waals surface area contributed by atoms with Crippen LogP contribution in [0.2, 0.25) is 0 Å². The number of nitrogens with one attached hydrogen (secondary N) is 1. The second-order valence-corrected chi connectivity index (χ2v) is 9.74. The smallest absolute Gasteiger partial charge is 0.272 e. The quantitative estimate of drug-likeness (QED) is 0.193. The van der Waals surface area contributed by atoms with Crippen molar-refractivity contribution >= 4 is 16.0 Å². The van der Waals surface area contributed by atoms with Crippen LogP contribution in [0, 0.1) is 0 Å². The van der Waals surface area contributed by atoms with Gasteiger partial charge in [-0.2, -0.15) is 8.42 Å². The van der Waals surface area contributed by atoms with Crippen LogP contribution in [-0.4, -0.2) is 29.7 Å². The Kier molecular flexibility index (Phi) is 13.7. The molecule has 0 bridgehead atoms. The van der Waals surface area contributed by atoms with Gasteiger partial charge in [0.2, 0.25) is 5.91 Å². The Balaban J connectivity index is 4.05. The molecule has 0 radical (unpaired) electrons. The van der Waals surface area contributed by atoms with Gasteiger partial charge in [0.25, 0.3) is 10.1 Å². The molecule has 2 unspecified atom stereocenters. The molecule has 0 spiro atoms. The minimum absolute atomic E-state index is 0.321. The maximum atomic E-state index is 11.9. The molecular weight excluding hydrogens is 362 g/mol. The Bertz CT molecular complexity index is 518. The van der Waals surface area contributed by atoms with Crippen LogP contribution >= 0.6 is 0 Å². The molecule has 27 heavy (non-hydrogen) atoms. The Labute approximate surface area is 167 Å². The zero-order valence-corrected chi connectivity index (χ0v) is 18.5. The van der Waals surface area contributed by atoms with Crippen LogP contribution in [0.1, 0.15) is 104 Å². The van der Waals surface area contributed by atoms with Gasteiger partial charge in [0.1, 0.15) is 4.75 Å². The molecule has 2 atom stereocenters. The first-order valence-electron chi connectivity index (χ1n) is 10.6. The van der Waals surface area contributed by atoms with Crippen LogP contribution in [0.15, 0.2) is 12.7 Å². The molecule has 6 heteroatoms. The lowest BCUT2D eigenvalue weighted by Gasteiger charge is -2.33. The predicted octanol–water partition coefficient (Wildman–Crippen LogP) is 5.41. The third-order valence-corrected chi connectivity index (χ3v) is 7.31. The molecule has 160 valence electrons. The van der Waals surface area contributed by atoms with E-state index in [1.165, 1.54) is 64.7 Å². The van der Waals surface area contributed by atoms with E-state index < -0.39 is 26.8 Å². The first-order chi connectivity index (χ1) is 12.7. The number of carbonyl (C=O) groups is 1. The number of amides is 1. The van der Waals surface area contributed by atoms with E-state index in [0.29, 0.717) is 12.8 Å². The number of hydrogen-bond acceptors (Lipinski definition) is 3. The normalized spacial score (nSPS) is 15.1. The summed E-state index contributed by atoms with van der Waals surface area (Å²) in [5, 5.41) is 2.57. The highest BCUT2D eigenvalue weighted by molar-refractivity contribution is 7.87. The van der Waals surface area contributed by atoms with Crippen molar-refractivity contribution < 1.29 is 17.8 Å². The molecule has 0 aliphatic rings. The molecule has 0 aromatic carbocycles. The zero-order valence-electron chi connectivity index (χ0n) is 17.6. The van der Waals surface area contributed by atoms with E-state index in [4.69, 9.17) is 0 Å². The van der Waals surface area contributed by atoms with Gasteiger partial charge in [0.05, 0.1) is 0 Å². The lowest BCUT2D eigenvalue weighted by atomic mass is 9.94. The van der Waals surface area contributed by atoms with Crippen LogP contribution in [-0.2, 0) is 14.9 Å². The van der Waals surface area contributed by atoms with Crippen molar-refractivity contribution in [2.75, 3.05) is 0 Å². The van der Waals surface area contributed by atoms with Crippen LogP contribution in [0.4, 0.5) is 0 Å². The van der Waals surface area contributed by atoms with Gasteiger partial charge < -0.3 is 5.32 Å². The molecule has 0 saturated heterocycles. The van der Waals surface area contributed by atoms with E-state index in [2.05, 4.69) is 18.8 Å². The van der Waals surface area contributed by atoms with Gasteiger partial charge in [-0.25, -0.2) is 0 Å². The fourth-order valence-corrected chi connectivity index (χ4v) is 4.22. The molecule has 0 aromatic heterocycles. The van der Waals surface area contributed by atoms with Crippen LogP contribution in [0.25, 0.3) is 0 Å². The predicted molar refractivity (Wildman–Crippen MR) is 113 cm³/mol. The average molecular weight is 404 g/mol. The minimum Gasteiger partial charge on any atom is -0.348 e. The van der Waals surface area contributed by atoms with Gasteiger partial charge in [-0.3, -0.25) is 9.35 Å². The summed E-state index contributed by atoms with van der Waals surface area (Å²) in [5.41, 5.74) is 0. The standard InChI is InChI=1S/C21H41NO4S/c1-5-7-8-9-10-11-12-13-14-15-16-17-18-21(4,27(24,25)26)19(3)22-20(23)6-2/h6,19H,2,5,7-18H2,1,3-4H3,(H,22,23)(H,24,25,26). The summed E-state index contributed by atoms with van der Waals surface area (Å²) in [4.78, 5) is 11.5. The first-order valence-corrected chi connectivity index (χ1v) is 12.0. The summed E-state index contributed by atoms with van der Waals surface area (Å²) in [6.07, 6.45) is 15.8. The lowest BCUT2D eigenvalue weighted by Crippen LogP contribution is -2.53. The van der Waals surface area contributed by atoms with Crippen LogP contribution in [0.3, 0.4) is 0 Å². The minimum atomic E-state index is -4.28. The fourth-order valence-electron chi connectivity index (χ4n) is 3.31. The third kappa shape index (κ3) is 10.9. The van der Waals surface area contributed by atoms with Crippen molar-refractivity contribution in [3.8, 4) is 0 Å². The van der Waals surface area contributed by atoms with Gasteiger partial charge in [-0.1, -0.05) is 90.6 Å². The Hall–Kier alpha value is -0.880. The maximum absolute atomic E-state index is 11.9. The largest absolute Gasteiger partial charge is 0.348 e. The zero-order chi connectivity index (χ0) is 20.8. The third-order valence-electron chi connectivity index (χ3n) is 5.58. The molecule has 0 saturated carbocycles. The van der Waals surface area contributed by atoms with Crippen molar-refractivity contribution in [3.05, 3.63) is 12.7 Å². The van der Waals surface area contributed by atoms with E-state index >= 15 is 0 Å². The lowest BCUT2D eigenvalue weighted by molar-refractivity contribution is -0.117. The van der Waals surface area contributed by atoms with E-state index in [0.717, 1.165) is 18.9 Å². The Morgan fingerprint density at radius 1 is 1.00 bits per heavy atom. The summed E-state index contributed by atoms with van der Waals surface area (Å²) in [6.45, 7) is 8.70. The van der Waals surface area contributed by atoms with Crippen molar-refractivity contribution in [1.82, 2.24) is 5.32 Å². The second-order valence-electron chi connectivity index (χ2n) is 7.86. The van der Waals surface area contributed by atoms with E-state index in [-0.39, 0.29) is 0 Å². The van der Waals surface area contributed by atoms with E-state index in [1.807, 2.05) is 0 Å². The molecule has 0 rings (SSSR count). The highest BCUT2D eigenvalue weighted by Crippen LogP contribution is 2.28. The topological polar surface area (TPSA) is 83.5 Å².